The maximum atomic E-state index is 13.3. The summed E-state index contributed by atoms with van der Waals surface area (Å²) < 4.78 is 69.9. The van der Waals surface area contributed by atoms with E-state index >= 15 is 0 Å². The first-order chi connectivity index (χ1) is 26.4. The van der Waals surface area contributed by atoms with Gasteiger partial charge in [0.05, 0.1) is 22.5 Å². The molecule has 19 nitrogen and oxygen atoms in total. The van der Waals surface area contributed by atoms with E-state index in [0.717, 1.165) is 12.1 Å². The van der Waals surface area contributed by atoms with Crippen LogP contribution in [0.15, 0.2) is 127 Å². The van der Waals surface area contributed by atoms with Gasteiger partial charge >= 0.3 is 18.0 Å². The van der Waals surface area contributed by atoms with Crippen LogP contribution in [0.5, 0.6) is 11.5 Å². The number of hydrogen-bond acceptors (Lipinski definition) is 13. The molecule has 0 aliphatic rings. The predicted molar refractivity (Wildman–Crippen MR) is 199 cm³/mol. The molecule has 0 atom stereocenters. The van der Waals surface area contributed by atoms with Crippen LogP contribution in [0.2, 0.25) is 0 Å². The van der Waals surface area contributed by atoms with Crippen LogP contribution in [0.1, 0.15) is 20.7 Å². The van der Waals surface area contributed by atoms with Gasteiger partial charge in [-0.15, -0.1) is 10.2 Å². The van der Waals surface area contributed by atoms with E-state index in [-0.39, 0.29) is 55.4 Å². The second kappa shape index (κ2) is 14.8. The van der Waals surface area contributed by atoms with E-state index in [1.54, 1.807) is 0 Å². The zero-order chi connectivity index (χ0) is 40.5. The molecule has 6 aromatic rings. The van der Waals surface area contributed by atoms with Gasteiger partial charge < -0.3 is 31.1 Å². The van der Waals surface area contributed by atoms with Crippen molar-refractivity contribution in [2.45, 2.75) is 9.79 Å². The largest absolute Gasteiger partial charge is 0.505 e. The number of carboxylic acids is 2. The van der Waals surface area contributed by atoms with Crippen LogP contribution in [-0.4, -0.2) is 64.3 Å². The van der Waals surface area contributed by atoms with Gasteiger partial charge in [0.2, 0.25) is 0 Å². The van der Waals surface area contributed by atoms with E-state index in [0.29, 0.717) is 0 Å². The van der Waals surface area contributed by atoms with E-state index < -0.39 is 70.9 Å². The molecule has 0 radical (unpaired) electrons. The standard InChI is InChI=1S/C35H24N6O13S2/c42-31-21-11-9-19(38-40-25-7-3-1-5-23(25)33(44)45)13-17(21)15-27(55(49,50)51)29(31)36-35(48)37-30-28(56(52,53)54)16-18-14-20(10-12-22(18)32(30)43)39-41-26-8-4-2-6-24(26)34(46)47/h1-16,42-43H,(H,44,45)(H,46,47)(H2,36,37,48)(H,49,50,51)(H,52,53,54). The van der Waals surface area contributed by atoms with E-state index in [1.807, 2.05) is 10.6 Å². The number of aromatic carboxylic acids is 2. The summed E-state index contributed by atoms with van der Waals surface area (Å²) in [5.41, 5.74) is -1.87. The number of carbonyl (C=O) groups excluding carboxylic acids is 1. The van der Waals surface area contributed by atoms with Gasteiger partial charge in [0, 0.05) is 10.8 Å². The van der Waals surface area contributed by atoms with E-state index in [2.05, 4.69) is 20.5 Å². The minimum atomic E-state index is -5.20. The molecule has 2 amide bonds. The molecule has 0 saturated heterocycles. The van der Waals surface area contributed by atoms with E-state index in [4.69, 9.17) is 0 Å². The fourth-order valence-corrected chi connectivity index (χ4v) is 6.80. The number of amides is 2. The van der Waals surface area contributed by atoms with E-state index in [9.17, 15) is 60.8 Å². The first kappa shape index (κ1) is 38.4. The molecule has 0 heterocycles. The molecule has 6 aromatic carbocycles. The predicted octanol–water partition coefficient (Wildman–Crippen LogP) is 7.77. The Morgan fingerprint density at radius 2 is 0.893 bits per heavy atom. The summed E-state index contributed by atoms with van der Waals surface area (Å²) in [6, 6.07) is 19.4. The Kier molecular flexibility index (Phi) is 10.2. The lowest BCUT2D eigenvalue weighted by Crippen LogP contribution is -2.22. The zero-order valence-corrected chi connectivity index (χ0v) is 29.5. The number of hydrogen-bond donors (Lipinski definition) is 8. The highest BCUT2D eigenvalue weighted by atomic mass is 32.2. The monoisotopic (exact) mass is 800 g/mol. The number of carboxylic acid groups (broad SMARTS) is 2. The summed E-state index contributed by atoms with van der Waals surface area (Å²) >= 11 is 0. The van der Waals surface area contributed by atoms with Gasteiger partial charge in [-0.2, -0.15) is 27.1 Å². The van der Waals surface area contributed by atoms with Crippen LogP contribution >= 0.6 is 0 Å². The normalized spacial score (nSPS) is 12.0. The molecule has 0 unspecified atom stereocenters. The van der Waals surface area contributed by atoms with Crippen molar-refractivity contribution in [3.8, 4) is 11.5 Å². The number of benzene rings is 6. The minimum absolute atomic E-state index is 0.00871. The lowest BCUT2D eigenvalue weighted by atomic mass is 10.1. The maximum Gasteiger partial charge on any atom is 0.337 e. The molecule has 0 bridgehead atoms. The summed E-state index contributed by atoms with van der Waals surface area (Å²) in [6.07, 6.45) is 0. The fourth-order valence-electron chi connectivity index (χ4n) is 5.44. The molecule has 0 spiro atoms. The summed E-state index contributed by atoms with van der Waals surface area (Å²) in [5, 5.41) is 60.5. The Labute approximate surface area is 314 Å². The highest BCUT2D eigenvalue weighted by molar-refractivity contribution is 7.86. The number of nitrogens with one attached hydrogen (secondary N) is 2. The van der Waals surface area contributed by atoms with Crippen molar-refractivity contribution < 1.29 is 60.8 Å². The van der Waals surface area contributed by atoms with Crippen LogP contribution < -0.4 is 10.6 Å². The van der Waals surface area contributed by atoms with Crippen molar-refractivity contribution in [1.82, 2.24) is 0 Å². The Bertz CT molecular complexity index is 2740. The molecule has 56 heavy (non-hydrogen) atoms. The average Bonchev–Trinajstić information content (AvgIpc) is 3.14. The second-order valence-corrected chi connectivity index (χ2v) is 14.4. The molecule has 21 heteroatoms. The highest BCUT2D eigenvalue weighted by Gasteiger charge is 2.27. The third kappa shape index (κ3) is 7.95. The smallest absolute Gasteiger partial charge is 0.337 e. The van der Waals surface area contributed by atoms with Crippen molar-refractivity contribution >= 4 is 93.9 Å². The van der Waals surface area contributed by atoms with Crippen molar-refractivity contribution in [2.24, 2.45) is 20.5 Å². The maximum absolute atomic E-state index is 13.3. The fraction of sp³-hybridized carbons (Fsp3) is 0. The van der Waals surface area contributed by atoms with Crippen LogP contribution in [0.3, 0.4) is 0 Å². The first-order valence-electron chi connectivity index (χ1n) is 15.5. The first-order valence-corrected chi connectivity index (χ1v) is 18.4. The molecule has 0 aliphatic carbocycles. The second-order valence-electron chi connectivity index (χ2n) is 11.6. The van der Waals surface area contributed by atoms with Gasteiger partial charge in [0.1, 0.15) is 44.0 Å². The summed E-state index contributed by atoms with van der Waals surface area (Å²) in [4.78, 5) is 34.2. The highest BCUT2D eigenvalue weighted by Crippen LogP contribution is 2.42. The Hall–Kier alpha value is -7.33. The molecular weight excluding hydrogens is 777 g/mol. The van der Waals surface area contributed by atoms with Gasteiger partial charge in [-0.1, -0.05) is 24.3 Å². The summed E-state index contributed by atoms with van der Waals surface area (Å²) in [7, 11) is -10.4. The Balaban J connectivity index is 1.34. The quantitative estimate of drug-likeness (QED) is 0.0373. The van der Waals surface area contributed by atoms with Crippen molar-refractivity contribution in [2.75, 3.05) is 10.6 Å². The van der Waals surface area contributed by atoms with Gasteiger partial charge in [-0.25, -0.2) is 14.4 Å². The van der Waals surface area contributed by atoms with Crippen LogP contribution in [0.4, 0.5) is 38.9 Å². The minimum Gasteiger partial charge on any atom is -0.505 e. The summed E-state index contributed by atoms with van der Waals surface area (Å²) in [6.45, 7) is 0. The molecule has 0 aromatic heterocycles. The van der Waals surface area contributed by atoms with Crippen LogP contribution in [0.25, 0.3) is 21.5 Å². The third-order valence-corrected chi connectivity index (χ3v) is 9.72. The average molecular weight is 801 g/mol. The Morgan fingerprint density at radius 3 is 1.25 bits per heavy atom. The third-order valence-electron chi connectivity index (χ3n) is 7.97. The molecule has 0 aliphatic heterocycles. The number of phenols is 2. The number of azo groups is 2. The topological polar surface area (TPSA) is 314 Å². The molecule has 6 rings (SSSR count). The Morgan fingerprint density at radius 1 is 0.518 bits per heavy atom. The number of carbonyl (C=O) groups is 3. The number of anilines is 2. The molecule has 0 saturated carbocycles. The number of nitrogens with zero attached hydrogens (tertiary/aromatic N) is 4. The van der Waals surface area contributed by atoms with Crippen molar-refractivity contribution in [1.29, 1.82) is 0 Å². The van der Waals surface area contributed by atoms with Gasteiger partial charge in [0.25, 0.3) is 20.2 Å². The number of phenolic OH excluding ortho intramolecular Hbond substituents is 2. The van der Waals surface area contributed by atoms with Gasteiger partial charge in [-0.3, -0.25) is 9.11 Å². The van der Waals surface area contributed by atoms with Crippen molar-refractivity contribution in [3.05, 3.63) is 108 Å². The van der Waals surface area contributed by atoms with Crippen LogP contribution in [-0.2, 0) is 20.2 Å². The molecule has 8 N–H and O–H groups in total. The lowest BCUT2D eigenvalue weighted by Gasteiger charge is -2.17. The molecule has 0 fully saturated rings. The molecule has 284 valence electrons. The number of fused-ring (bicyclic) bond motifs is 2. The van der Waals surface area contributed by atoms with E-state index in [1.165, 1.54) is 84.9 Å². The number of aromatic hydroxyl groups is 2. The lowest BCUT2D eigenvalue weighted by molar-refractivity contribution is 0.0687. The molecular formula is C35H24N6O13S2. The zero-order valence-electron chi connectivity index (χ0n) is 27.9. The number of rotatable bonds is 10. The summed E-state index contributed by atoms with van der Waals surface area (Å²) in [5.74, 6) is -4.27. The van der Waals surface area contributed by atoms with Gasteiger partial charge in [0.15, 0.2) is 0 Å². The van der Waals surface area contributed by atoms with Crippen LogP contribution in [0, 0.1) is 0 Å². The number of urea groups is 1. The van der Waals surface area contributed by atoms with Gasteiger partial charge in [-0.05, 0) is 83.6 Å². The SMILES string of the molecule is O=C(Nc1c(S(=O)(=O)O)cc2cc(N=Nc3ccccc3C(=O)O)ccc2c1O)Nc1c(S(=O)(=O)O)cc2cc(N=Nc3ccccc3C(=O)O)ccc2c1O. The van der Waals surface area contributed by atoms with Crippen molar-refractivity contribution in [3.63, 3.8) is 0 Å².